The molecule has 1 atom stereocenters. The molecule has 0 aliphatic rings. The van der Waals surface area contributed by atoms with E-state index in [4.69, 9.17) is 0 Å². The fourth-order valence-electron chi connectivity index (χ4n) is 2.30. The van der Waals surface area contributed by atoms with Gasteiger partial charge in [-0.05, 0) is 50.1 Å². The van der Waals surface area contributed by atoms with E-state index in [1.807, 2.05) is 11.3 Å². The Morgan fingerprint density at radius 3 is 2.74 bits per heavy atom. The van der Waals surface area contributed by atoms with Crippen LogP contribution in [0, 0.1) is 6.92 Å². The number of aromatic nitrogens is 3. The molecule has 1 amide bonds. The average Bonchev–Trinajstić information content (AvgIpc) is 2.91. The highest BCUT2D eigenvalue weighted by molar-refractivity contribution is 7.10. The van der Waals surface area contributed by atoms with Gasteiger partial charge in [-0.25, -0.2) is 0 Å². The number of aryl methyl sites for hydroxylation is 3. The van der Waals surface area contributed by atoms with Crippen LogP contribution in [0.4, 0.5) is 11.9 Å². The van der Waals surface area contributed by atoms with E-state index in [0.29, 0.717) is 11.8 Å². The third-order valence-corrected chi connectivity index (χ3v) is 4.46. The van der Waals surface area contributed by atoms with E-state index in [2.05, 4.69) is 50.9 Å². The standard InChI is InChI=1S/C16H23N5OS/c1-5-13-8-9-23-14(13)7-6-10(2)17-15-18-11(3)19-16(21-15)20-12(4)22/h8-10H,5-7H2,1-4H3,(H2,17,18,19,20,21,22). The second-order valence-electron chi connectivity index (χ2n) is 5.52. The van der Waals surface area contributed by atoms with Crippen LogP contribution < -0.4 is 10.6 Å². The second-order valence-corrected chi connectivity index (χ2v) is 6.52. The van der Waals surface area contributed by atoms with Crippen molar-refractivity contribution in [2.45, 2.75) is 53.0 Å². The summed E-state index contributed by atoms with van der Waals surface area (Å²) in [6, 6.07) is 2.43. The van der Waals surface area contributed by atoms with E-state index in [1.165, 1.54) is 17.4 Å². The number of thiophene rings is 1. The van der Waals surface area contributed by atoms with Crippen molar-refractivity contribution in [3.05, 3.63) is 27.7 Å². The van der Waals surface area contributed by atoms with Crippen molar-refractivity contribution in [1.82, 2.24) is 15.0 Å². The number of nitrogens with zero attached hydrogens (tertiary/aromatic N) is 3. The van der Waals surface area contributed by atoms with Crippen molar-refractivity contribution in [3.8, 4) is 0 Å². The van der Waals surface area contributed by atoms with Gasteiger partial charge in [-0.15, -0.1) is 11.3 Å². The average molecular weight is 333 g/mol. The smallest absolute Gasteiger partial charge is 0.234 e. The van der Waals surface area contributed by atoms with Crippen LogP contribution in [0.15, 0.2) is 11.4 Å². The van der Waals surface area contributed by atoms with Gasteiger partial charge in [0.05, 0.1) is 0 Å². The molecule has 2 N–H and O–H groups in total. The third kappa shape index (κ3) is 5.28. The van der Waals surface area contributed by atoms with Crippen LogP contribution in [0.25, 0.3) is 0 Å². The van der Waals surface area contributed by atoms with Gasteiger partial charge in [-0.2, -0.15) is 15.0 Å². The molecule has 0 aromatic carbocycles. The molecule has 23 heavy (non-hydrogen) atoms. The minimum atomic E-state index is -0.195. The summed E-state index contributed by atoms with van der Waals surface area (Å²) in [4.78, 5) is 25.2. The van der Waals surface area contributed by atoms with Gasteiger partial charge in [-0.1, -0.05) is 6.92 Å². The molecule has 6 nitrogen and oxygen atoms in total. The zero-order valence-corrected chi connectivity index (χ0v) is 14.8. The SMILES string of the molecule is CCc1ccsc1CCC(C)Nc1nc(C)nc(NC(C)=O)n1. The topological polar surface area (TPSA) is 79.8 Å². The molecule has 2 heterocycles. The van der Waals surface area contributed by atoms with Crippen LogP contribution in [0.1, 0.15) is 43.5 Å². The summed E-state index contributed by atoms with van der Waals surface area (Å²) in [5.74, 6) is 1.16. The Bertz CT molecular complexity index is 670. The molecule has 0 saturated heterocycles. The van der Waals surface area contributed by atoms with Crippen LogP contribution in [0.5, 0.6) is 0 Å². The normalized spacial score (nSPS) is 12.0. The quantitative estimate of drug-likeness (QED) is 0.813. The first-order valence-corrected chi connectivity index (χ1v) is 8.68. The number of rotatable bonds is 7. The molecule has 2 rings (SSSR count). The number of carbonyl (C=O) groups is 1. The minimum Gasteiger partial charge on any atom is -0.352 e. The zero-order chi connectivity index (χ0) is 16.8. The summed E-state index contributed by atoms with van der Waals surface area (Å²) >= 11 is 1.82. The molecule has 0 radical (unpaired) electrons. The van der Waals surface area contributed by atoms with E-state index in [-0.39, 0.29) is 17.9 Å². The second kappa shape index (κ2) is 8.01. The molecule has 0 fully saturated rings. The van der Waals surface area contributed by atoms with E-state index in [9.17, 15) is 4.79 Å². The number of amides is 1. The minimum absolute atomic E-state index is 0.195. The van der Waals surface area contributed by atoms with E-state index in [0.717, 1.165) is 19.3 Å². The fraction of sp³-hybridized carbons (Fsp3) is 0.500. The number of nitrogens with one attached hydrogen (secondary N) is 2. The lowest BCUT2D eigenvalue weighted by molar-refractivity contribution is -0.114. The third-order valence-electron chi connectivity index (χ3n) is 3.43. The molecule has 0 aliphatic carbocycles. The van der Waals surface area contributed by atoms with Crippen molar-refractivity contribution in [2.24, 2.45) is 0 Å². The molecule has 124 valence electrons. The maximum atomic E-state index is 11.1. The summed E-state index contributed by atoms with van der Waals surface area (Å²) < 4.78 is 0. The highest BCUT2D eigenvalue weighted by Crippen LogP contribution is 2.20. The number of hydrogen-bond acceptors (Lipinski definition) is 6. The molecule has 7 heteroatoms. The lowest BCUT2D eigenvalue weighted by Gasteiger charge is -2.14. The van der Waals surface area contributed by atoms with Gasteiger partial charge in [0.1, 0.15) is 5.82 Å². The Morgan fingerprint density at radius 2 is 2.04 bits per heavy atom. The van der Waals surface area contributed by atoms with Gasteiger partial charge in [0.25, 0.3) is 0 Å². The van der Waals surface area contributed by atoms with E-state index < -0.39 is 0 Å². The van der Waals surface area contributed by atoms with Crippen molar-refractivity contribution >= 4 is 29.1 Å². The Balaban J connectivity index is 1.95. The predicted octanol–water partition coefficient (Wildman–Crippen LogP) is 3.20. The van der Waals surface area contributed by atoms with Crippen molar-refractivity contribution in [2.75, 3.05) is 10.6 Å². The van der Waals surface area contributed by atoms with E-state index in [1.54, 1.807) is 6.92 Å². The maximum absolute atomic E-state index is 11.1. The predicted molar refractivity (Wildman–Crippen MR) is 94.0 cm³/mol. The molecule has 0 aliphatic heterocycles. The van der Waals surface area contributed by atoms with Gasteiger partial charge in [0.15, 0.2) is 0 Å². The van der Waals surface area contributed by atoms with Crippen molar-refractivity contribution in [3.63, 3.8) is 0 Å². The molecule has 0 saturated carbocycles. The first-order chi connectivity index (χ1) is 11.0. The molecular formula is C16H23N5OS. The largest absolute Gasteiger partial charge is 0.352 e. The fourth-order valence-corrected chi connectivity index (χ4v) is 3.30. The Hall–Kier alpha value is -2.02. The molecule has 0 bridgehead atoms. The van der Waals surface area contributed by atoms with Crippen molar-refractivity contribution in [1.29, 1.82) is 0 Å². The first-order valence-electron chi connectivity index (χ1n) is 7.80. The Morgan fingerprint density at radius 1 is 1.30 bits per heavy atom. The summed E-state index contributed by atoms with van der Waals surface area (Å²) in [6.07, 6.45) is 3.11. The van der Waals surface area contributed by atoms with Crippen LogP contribution in [-0.2, 0) is 17.6 Å². The summed E-state index contributed by atoms with van der Waals surface area (Å²) in [6.45, 7) is 7.50. The van der Waals surface area contributed by atoms with Gasteiger partial charge < -0.3 is 5.32 Å². The zero-order valence-electron chi connectivity index (χ0n) is 14.0. The molecular weight excluding hydrogens is 310 g/mol. The summed E-state index contributed by atoms with van der Waals surface area (Å²) in [5.41, 5.74) is 1.44. The number of anilines is 2. The van der Waals surface area contributed by atoms with Gasteiger partial charge in [-0.3, -0.25) is 10.1 Å². The molecule has 1 unspecified atom stereocenters. The summed E-state index contributed by atoms with van der Waals surface area (Å²) in [5, 5.41) is 8.03. The number of carbonyl (C=O) groups excluding carboxylic acids is 1. The Labute approximate surface area is 140 Å². The molecule has 2 aromatic rings. The van der Waals surface area contributed by atoms with Crippen LogP contribution in [-0.4, -0.2) is 26.9 Å². The van der Waals surface area contributed by atoms with Crippen LogP contribution in [0.2, 0.25) is 0 Å². The number of hydrogen-bond donors (Lipinski definition) is 2. The van der Waals surface area contributed by atoms with Gasteiger partial charge in [0, 0.05) is 17.8 Å². The van der Waals surface area contributed by atoms with Crippen LogP contribution in [0.3, 0.4) is 0 Å². The van der Waals surface area contributed by atoms with Gasteiger partial charge in [0.2, 0.25) is 17.8 Å². The lowest BCUT2D eigenvalue weighted by atomic mass is 10.1. The van der Waals surface area contributed by atoms with Crippen LogP contribution >= 0.6 is 11.3 Å². The van der Waals surface area contributed by atoms with Gasteiger partial charge >= 0.3 is 0 Å². The van der Waals surface area contributed by atoms with Crippen molar-refractivity contribution < 1.29 is 4.79 Å². The van der Waals surface area contributed by atoms with E-state index >= 15 is 0 Å². The first kappa shape index (κ1) is 17.3. The highest BCUT2D eigenvalue weighted by Gasteiger charge is 2.10. The summed E-state index contributed by atoms with van der Waals surface area (Å²) in [7, 11) is 0. The molecule has 0 spiro atoms. The molecule has 2 aromatic heterocycles. The maximum Gasteiger partial charge on any atom is 0.234 e. The monoisotopic (exact) mass is 333 g/mol. The lowest BCUT2D eigenvalue weighted by Crippen LogP contribution is -2.20. The highest BCUT2D eigenvalue weighted by atomic mass is 32.1. The Kier molecular flexibility index (Phi) is 6.04.